The molecule has 7 nitrogen and oxygen atoms in total. The Morgan fingerprint density at radius 2 is 1.67 bits per heavy atom. The van der Waals surface area contributed by atoms with E-state index in [1.54, 1.807) is 48.5 Å². The predicted octanol–water partition coefficient (Wildman–Crippen LogP) is 4.39. The fraction of sp³-hybridized carbons (Fsp3) is 0.167. The van der Waals surface area contributed by atoms with E-state index in [0.717, 1.165) is 21.2 Å². The lowest BCUT2D eigenvalue weighted by Gasteiger charge is -2.23. The topological polar surface area (TPSA) is 88.1 Å². The highest BCUT2D eigenvalue weighted by molar-refractivity contribution is 7.92. The van der Waals surface area contributed by atoms with Crippen molar-refractivity contribution in [2.45, 2.75) is 18.7 Å². The van der Waals surface area contributed by atoms with E-state index < -0.39 is 22.5 Å². The van der Waals surface area contributed by atoms with Crippen molar-refractivity contribution in [3.63, 3.8) is 0 Å². The van der Waals surface area contributed by atoms with Crippen molar-refractivity contribution in [3.05, 3.63) is 88.9 Å². The predicted molar refractivity (Wildman–Crippen MR) is 131 cm³/mol. The van der Waals surface area contributed by atoms with Crippen LogP contribution in [0, 0.1) is 6.92 Å². The molecule has 3 rings (SSSR count). The van der Waals surface area contributed by atoms with Gasteiger partial charge >= 0.3 is 0 Å². The molecule has 0 aromatic heterocycles. The van der Waals surface area contributed by atoms with E-state index in [1.807, 2.05) is 13.8 Å². The standard InChI is InChI=1S/C24H24ClN3O4S/c1-3-32-22-12-6-19(7-13-22)16-26-27-24(29)17-28(21-10-4-18(2)5-11-21)33(30,31)23-14-8-20(25)9-15-23/h4-16H,3,17H2,1-2H3,(H,27,29)/b26-16-. The molecule has 3 aromatic carbocycles. The highest BCUT2D eigenvalue weighted by Gasteiger charge is 2.27. The van der Waals surface area contributed by atoms with Gasteiger partial charge in [-0.1, -0.05) is 29.3 Å². The second-order valence-electron chi connectivity index (χ2n) is 7.10. The van der Waals surface area contributed by atoms with Gasteiger partial charge in [-0.25, -0.2) is 13.8 Å². The van der Waals surface area contributed by atoms with Crippen molar-refractivity contribution in [2.24, 2.45) is 5.10 Å². The Labute approximate surface area is 198 Å². The normalized spacial score (nSPS) is 11.4. The molecule has 0 unspecified atom stereocenters. The van der Waals surface area contributed by atoms with Crippen molar-refractivity contribution < 1.29 is 17.9 Å². The summed E-state index contributed by atoms with van der Waals surface area (Å²) in [6.45, 7) is 3.91. The maximum Gasteiger partial charge on any atom is 0.264 e. The van der Waals surface area contributed by atoms with Crippen LogP contribution in [0.3, 0.4) is 0 Å². The van der Waals surface area contributed by atoms with Crippen LogP contribution in [-0.2, 0) is 14.8 Å². The Bertz CT molecular complexity index is 1210. The first-order chi connectivity index (χ1) is 15.8. The number of nitrogens with one attached hydrogen (secondary N) is 1. The molecule has 1 amide bonds. The fourth-order valence-corrected chi connectivity index (χ4v) is 4.47. The van der Waals surface area contributed by atoms with Gasteiger partial charge in [-0.3, -0.25) is 9.10 Å². The van der Waals surface area contributed by atoms with Crippen LogP contribution < -0.4 is 14.5 Å². The number of carbonyl (C=O) groups is 1. The number of carbonyl (C=O) groups excluding carboxylic acids is 1. The number of hydrogen-bond donors (Lipinski definition) is 1. The number of rotatable bonds is 9. The summed E-state index contributed by atoms with van der Waals surface area (Å²) >= 11 is 5.90. The molecule has 3 aromatic rings. The molecular weight excluding hydrogens is 462 g/mol. The number of sulfonamides is 1. The molecular formula is C24H24ClN3O4S. The summed E-state index contributed by atoms with van der Waals surface area (Å²) in [6, 6.07) is 19.8. The van der Waals surface area contributed by atoms with E-state index in [9.17, 15) is 13.2 Å². The van der Waals surface area contributed by atoms with Gasteiger partial charge < -0.3 is 4.74 Å². The van der Waals surface area contributed by atoms with Crippen molar-refractivity contribution in [1.82, 2.24) is 5.43 Å². The number of aryl methyl sites for hydroxylation is 1. The second-order valence-corrected chi connectivity index (χ2v) is 9.40. The zero-order chi connectivity index (χ0) is 23.8. The Balaban J connectivity index is 1.77. The zero-order valence-corrected chi connectivity index (χ0v) is 19.8. The summed E-state index contributed by atoms with van der Waals surface area (Å²) in [5.74, 6) is 0.148. The van der Waals surface area contributed by atoms with Gasteiger partial charge in [0.2, 0.25) is 0 Å². The molecule has 0 radical (unpaired) electrons. The third kappa shape index (κ3) is 6.57. The van der Waals surface area contributed by atoms with E-state index in [2.05, 4.69) is 10.5 Å². The molecule has 0 aliphatic rings. The van der Waals surface area contributed by atoms with Gasteiger partial charge in [0.05, 0.1) is 23.4 Å². The lowest BCUT2D eigenvalue weighted by atomic mass is 10.2. The molecule has 0 aliphatic carbocycles. The average molecular weight is 486 g/mol. The van der Waals surface area contributed by atoms with Crippen molar-refractivity contribution in [3.8, 4) is 5.75 Å². The minimum absolute atomic E-state index is 0.0261. The number of ether oxygens (including phenoxy) is 1. The smallest absolute Gasteiger partial charge is 0.264 e. The quantitative estimate of drug-likeness (QED) is 0.359. The minimum Gasteiger partial charge on any atom is -0.494 e. The van der Waals surface area contributed by atoms with Crippen LogP contribution in [0.4, 0.5) is 5.69 Å². The van der Waals surface area contributed by atoms with E-state index in [1.165, 1.54) is 30.5 Å². The largest absolute Gasteiger partial charge is 0.494 e. The van der Waals surface area contributed by atoms with E-state index in [4.69, 9.17) is 16.3 Å². The summed E-state index contributed by atoms with van der Waals surface area (Å²) in [7, 11) is -4.02. The number of halogens is 1. The number of benzene rings is 3. The van der Waals surface area contributed by atoms with Crippen molar-refractivity contribution in [2.75, 3.05) is 17.5 Å². The van der Waals surface area contributed by atoms with Gasteiger partial charge in [0.1, 0.15) is 12.3 Å². The third-order valence-electron chi connectivity index (χ3n) is 4.60. The van der Waals surface area contributed by atoms with Crippen LogP contribution in [0.2, 0.25) is 5.02 Å². The molecule has 0 spiro atoms. The number of nitrogens with zero attached hydrogens (tertiary/aromatic N) is 2. The Hall–Kier alpha value is -3.36. The van der Waals surface area contributed by atoms with Crippen LogP contribution >= 0.6 is 11.6 Å². The summed E-state index contributed by atoms with van der Waals surface area (Å²) < 4.78 is 33.0. The van der Waals surface area contributed by atoms with E-state index >= 15 is 0 Å². The number of anilines is 1. The molecule has 0 fully saturated rings. The van der Waals surface area contributed by atoms with Gasteiger partial charge in [-0.2, -0.15) is 5.10 Å². The van der Waals surface area contributed by atoms with Crippen LogP contribution in [0.25, 0.3) is 0 Å². The maximum absolute atomic E-state index is 13.3. The minimum atomic E-state index is -4.02. The summed E-state index contributed by atoms with van der Waals surface area (Å²) in [5.41, 5.74) is 4.47. The first kappa shape index (κ1) is 24.3. The molecule has 1 N–H and O–H groups in total. The molecule has 9 heteroatoms. The zero-order valence-electron chi connectivity index (χ0n) is 18.2. The van der Waals surface area contributed by atoms with Crippen LogP contribution in [-0.4, -0.2) is 33.7 Å². The van der Waals surface area contributed by atoms with Crippen molar-refractivity contribution >= 4 is 39.4 Å². The highest BCUT2D eigenvalue weighted by Crippen LogP contribution is 2.25. The average Bonchev–Trinajstić information content (AvgIpc) is 2.80. The molecule has 0 bridgehead atoms. The molecule has 172 valence electrons. The molecule has 0 saturated heterocycles. The van der Waals surface area contributed by atoms with Crippen LogP contribution in [0.15, 0.2) is 82.8 Å². The third-order valence-corrected chi connectivity index (χ3v) is 6.64. The van der Waals surface area contributed by atoms with Gasteiger partial charge in [-0.15, -0.1) is 0 Å². The Kier molecular flexibility index (Phi) is 8.08. The summed E-state index contributed by atoms with van der Waals surface area (Å²) in [4.78, 5) is 12.6. The molecule has 0 atom stereocenters. The summed E-state index contributed by atoms with van der Waals surface area (Å²) in [5, 5.41) is 4.35. The van der Waals surface area contributed by atoms with Crippen LogP contribution in [0.1, 0.15) is 18.1 Å². The fourth-order valence-electron chi connectivity index (χ4n) is 2.92. The number of amides is 1. The van der Waals surface area contributed by atoms with Crippen LogP contribution in [0.5, 0.6) is 5.75 Å². The van der Waals surface area contributed by atoms with E-state index in [-0.39, 0.29) is 4.90 Å². The maximum atomic E-state index is 13.3. The monoisotopic (exact) mass is 485 g/mol. The molecule has 0 heterocycles. The number of hydrogen-bond acceptors (Lipinski definition) is 5. The van der Waals surface area contributed by atoms with Gasteiger partial charge in [-0.05, 0) is 80.1 Å². The van der Waals surface area contributed by atoms with Gasteiger partial charge in [0, 0.05) is 5.02 Å². The molecule has 0 aliphatic heterocycles. The highest BCUT2D eigenvalue weighted by atomic mass is 35.5. The number of hydrazone groups is 1. The first-order valence-electron chi connectivity index (χ1n) is 10.2. The summed E-state index contributed by atoms with van der Waals surface area (Å²) in [6.07, 6.45) is 1.47. The lowest BCUT2D eigenvalue weighted by molar-refractivity contribution is -0.119. The van der Waals surface area contributed by atoms with E-state index in [0.29, 0.717) is 17.3 Å². The Morgan fingerprint density at radius 1 is 1.03 bits per heavy atom. The molecule has 0 saturated carbocycles. The van der Waals surface area contributed by atoms with Crippen molar-refractivity contribution in [1.29, 1.82) is 0 Å². The lowest BCUT2D eigenvalue weighted by Crippen LogP contribution is -2.39. The molecule has 33 heavy (non-hydrogen) atoms. The second kappa shape index (κ2) is 11.0. The van der Waals surface area contributed by atoms with Gasteiger partial charge in [0.25, 0.3) is 15.9 Å². The van der Waals surface area contributed by atoms with Gasteiger partial charge in [0.15, 0.2) is 0 Å². The first-order valence-corrected chi connectivity index (χ1v) is 12.0. The SMILES string of the molecule is CCOc1ccc(/C=N\NC(=O)CN(c2ccc(C)cc2)S(=O)(=O)c2ccc(Cl)cc2)cc1. The Morgan fingerprint density at radius 3 is 2.27 bits per heavy atom.